The third-order valence-corrected chi connectivity index (χ3v) is 5.44. The lowest BCUT2D eigenvalue weighted by Crippen LogP contribution is -2.29. The van der Waals surface area contributed by atoms with Crippen molar-refractivity contribution in [3.63, 3.8) is 0 Å². The molecule has 2 aliphatic heterocycles. The van der Waals surface area contributed by atoms with Crippen LogP contribution in [0.15, 0.2) is 22.7 Å². The third kappa shape index (κ3) is 1.78. The Bertz CT molecular complexity index is 623. The Hall–Kier alpha value is -0.800. The second kappa shape index (κ2) is 4.64. The maximum Gasteiger partial charge on any atom is 0.0527 e. The quantitative estimate of drug-likeness (QED) is 0.835. The predicted octanol–water partition coefficient (Wildman–Crippen LogP) is 4.16. The highest BCUT2D eigenvalue weighted by molar-refractivity contribution is 9.10. The van der Waals surface area contributed by atoms with E-state index in [0.717, 1.165) is 6.54 Å². The molecule has 2 aromatic rings. The van der Waals surface area contributed by atoms with Crippen molar-refractivity contribution >= 4 is 26.8 Å². The Balaban J connectivity index is 1.95. The van der Waals surface area contributed by atoms with Gasteiger partial charge in [0.1, 0.15) is 0 Å². The van der Waals surface area contributed by atoms with E-state index in [4.69, 9.17) is 0 Å². The summed E-state index contributed by atoms with van der Waals surface area (Å²) < 4.78 is 3.90. The molecule has 3 heterocycles. The molecule has 100 valence electrons. The predicted molar refractivity (Wildman–Crippen MR) is 82.6 cm³/mol. The fraction of sp³-hybridized carbons (Fsp3) is 0.500. The van der Waals surface area contributed by atoms with E-state index in [1.54, 1.807) is 0 Å². The topological polar surface area (TPSA) is 17.0 Å². The minimum absolute atomic E-state index is 0.529. The zero-order chi connectivity index (χ0) is 12.8. The summed E-state index contributed by atoms with van der Waals surface area (Å²) in [6.45, 7) is 2.33. The number of aromatic nitrogens is 1. The maximum atomic E-state index is 3.88. The monoisotopic (exact) mass is 318 g/mol. The van der Waals surface area contributed by atoms with Crippen LogP contribution < -0.4 is 5.32 Å². The van der Waals surface area contributed by atoms with Gasteiger partial charge in [-0.15, -0.1) is 0 Å². The minimum Gasteiger partial charge on any atom is -0.342 e. The molecule has 0 saturated carbocycles. The van der Waals surface area contributed by atoms with Crippen molar-refractivity contribution in [2.75, 3.05) is 6.54 Å². The van der Waals surface area contributed by atoms with Gasteiger partial charge in [-0.2, -0.15) is 0 Å². The van der Waals surface area contributed by atoms with Gasteiger partial charge in [-0.3, -0.25) is 0 Å². The number of benzene rings is 1. The number of nitrogens with one attached hydrogen (secondary N) is 1. The number of hydrogen-bond donors (Lipinski definition) is 1. The van der Waals surface area contributed by atoms with Crippen molar-refractivity contribution in [1.29, 1.82) is 0 Å². The van der Waals surface area contributed by atoms with E-state index in [1.807, 2.05) is 0 Å². The number of nitrogens with zero attached hydrogens (tertiary/aromatic N) is 1. The summed E-state index contributed by atoms with van der Waals surface area (Å²) >= 11 is 3.88. The van der Waals surface area contributed by atoms with Crippen LogP contribution >= 0.6 is 15.9 Å². The largest absolute Gasteiger partial charge is 0.342 e. The Morgan fingerprint density at radius 1 is 1.21 bits per heavy atom. The number of halogens is 1. The summed E-state index contributed by atoms with van der Waals surface area (Å²) in [7, 11) is 0. The highest BCUT2D eigenvalue weighted by atomic mass is 79.9. The van der Waals surface area contributed by atoms with Crippen LogP contribution in [0.4, 0.5) is 0 Å². The molecule has 2 aliphatic rings. The number of hydrogen-bond acceptors (Lipinski definition) is 1. The number of piperidine rings is 1. The van der Waals surface area contributed by atoms with Gasteiger partial charge in [0.05, 0.1) is 11.2 Å². The molecule has 1 saturated heterocycles. The van der Waals surface area contributed by atoms with Crippen molar-refractivity contribution < 1.29 is 0 Å². The van der Waals surface area contributed by atoms with E-state index in [9.17, 15) is 0 Å². The number of aryl methyl sites for hydroxylation is 2. The van der Waals surface area contributed by atoms with E-state index in [2.05, 4.69) is 44.0 Å². The van der Waals surface area contributed by atoms with Crippen molar-refractivity contribution in [3.8, 4) is 0 Å². The van der Waals surface area contributed by atoms with Crippen LogP contribution in [0.1, 0.15) is 43.0 Å². The summed E-state index contributed by atoms with van der Waals surface area (Å²) in [6.07, 6.45) is 6.43. The van der Waals surface area contributed by atoms with Crippen LogP contribution in [-0.2, 0) is 13.0 Å². The second-order valence-electron chi connectivity index (χ2n) is 5.77. The van der Waals surface area contributed by atoms with Gasteiger partial charge >= 0.3 is 0 Å². The first-order valence-corrected chi connectivity index (χ1v) is 8.18. The molecular weight excluding hydrogens is 300 g/mol. The number of rotatable bonds is 1. The molecule has 0 bridgehead atoms. The Morgan fingerprint density at radius 3 is 3.00 bits per heavy atom. The van der Waals surface area contributed by atoms with E-state index in [0.29, 0.717) is 6.04 Å². The summed E-state index contributed by atoms with van der Waals surface area (Å²) in [5.74, 6) is 0. The summed E-state index contributed by atoms with van der Waals surface area (Å²) in [6, 6.07) is 7.29. The fourth-order valence-corrected chi connectivity index (χ4v) is 4.56. The molecule has 0 aliphatic carbocycles. The summed E-state index contributed by atoms with van der Waals surface area (Å²) in [5, 5.41) is 5.11. The fourth-order valence-electron chi connectivity index (χ4n) is 3.75. The van der Waals surface area contributed by atoms with Gasteiger partial charge in [0.15, 0.2) is 0 Å². The van der Waals surface area contributed by atoms with Crippen molar-refractivity contribution in [2.24, 2.45) is 0 Å². The van der Waals surface area contributed by atoms with E-state index < -0.39 is 0 Å². The molecule has 3 heteroatoms. The maximum absolute atomic E-state index is 3.88. The molecule has 0 amide bonds. The zero-order valence-corrected chi connectivity index (χ0v) is 12.7. The molecular formula is C16H19BrN2. The van der Waals surface area contributed by atoms with Crippen LogP contribution in [0.25, 0.3) is 10.9 Å². The molecule has 19 heavy (non-hydrogen) atoms. The molecule has 1 aromatic heterocycles. The van der Waals surface area contributed by atoms with E-state index in [-0.39, 0.29) is 0 Å². The van der Waals surface area contributed by atoms with Crippen LogP contribution in [0.5, 0.6) is 0 Å². The first kappa shape index (κ1) is 12.0. The van der Waals surface area contributed by atoms with Crippen molar-refractivity contribution in [1.82, 2.24) is 9.88 Å². The Labute approximate surface area is 122 Å². The van der Waals surface area contributed by atoms with Gasteiger partial charge in [0.25, 0.3) is 0 Å². The highest BCUT2D eigenvalue weighted by Crippen LogP contribution is 2.40. The zero-order valence-electron chi connectivity index (χ0n) is 11.1. The molecule has 1 aromatic carbocycles. The van der Waals surface area contributed by atoms with E-state index in [1.165, 1.54) is 65.3 Å². The molecule has 1 N–H and O–H groups in total. The normalized spacial score (nSPS) is 22.9. The van der Waals surface area contributed by atoms with E-state index >= 15 is 0 Å². The lowest BCUT2D eigenvalue weighted by molar-refractivity contribution is 0.391. The minimum atomic E-state index is 0.529. The van der Waals surface area contributed by atoms with Gasteiger partial charge in [-0.05, 0) is 53.7 Å². The molecule has 1 fully saturated rings. The van der Waals surface area contributed by atoms with Gasteiger partial charge in [-0.1, -0.05) is 24.6 Å². The van der Waals surface area contributed by atoms with Gasteiger partial charge in [0.2, 0.25) is 0 Å². The molecule has 0 spiro atoms. The van der Waals surface area contributed by atoms with Crippen LogP contribution in [0, 0.1) is 0 Å². The molecule has 0 radical (unpaired) electrons. The second-order valence-corrected chi connectivity index (χ2v) is 6.56. The Morgan fingerprint density at radius 2 is 2.16 bits per heavy atom. The van der Waals surface area contributed by atoms with Gasteiger partial charge in [-0.25, -0.2) is 0 Å². The highest BCUT2D eigenvalue weighted by Gasteiger charge is 2.26. The van der Waals surface area contributed by atoms with Crippen LogP contribution in [-0.4, -0.2) is 11.1 Å². The third-order valence-electron chi connectivity index (χ3n) is 4.61. The SMILES string of the molecule is Brc1c(C2CCCCN2)n2c3c(cccc13)CCC2. The van der Waals surface area contributed by atoms with Crippen LogP contribution in [0.2, 0.25) is 0 Å². The molecule has 4 rings (SSSR count). The average molecular weight is 319 g/mol. The molecule has 1 unspecified atom stereocenters. The van der Waals surface area contributed by atoms with Crippen LogP contribution in [0.3, 0.4) is 0 Å². The lowest BCUT2D eigenvalue weighted by Gasteiger charge is -2.27. The standard InChI is InChI=1S/C16H19BrN2/c17-14-12-7-3-5-11-6-4-10-19(15(11)12)16(14)13-8-1-2-9-18-13/h3,5,7,13,18H,1-2,4,6,8-10H2. The first-order valence-electron chi connectivity index (χ1n) is 7.39. The first-order chi connectivity index (χ1) is 9.36. The molecule has 1 atom stereocenters. The molecule has 2 nitrogen and oxygen atoms in total. The smallest absolute Gasteiger partial charge is 0.0527 e. The Kier molecular flexibility index (Phi) is 2.92. The lowest BCUT2D eigenvalue weighted by atomic mass is 10.0. The summed E-state index contributed by atoms with van der Waals surface area (Å²) in [5.41, 5.74) is 4.48. The van der Waals surface area contributed by atoms with Gasteiger partial charge < -0.3 is 9.88 Å². The summed E-state index contributed by atoms with van der Waals surface area (Å²) in [4.78, 5) is 0. The van der Waals surface area contributed by atoms with Crippen molar-refractivity contribution in [3.05, 3.63) is 33.9 Å². The van der Waals surface area contributed by atoms with Crippen molar-refractivity contribution in [2.45, 2.75) is 44.7 Å². The number of para-hydroxylation sites is 1. The van der Waals surface area contributed by atoms with Gasteiger partial charge in [0, 0.05) is 22.4 Å². The average Bonchev–Trinajstić information content (AvgIpc) is 2.76.